The van der Waals surface area contributed by atoms with Crippen molar-refractivity contribution in [2.45, 2.75) is 58.4 Å². The zero-order chi connectivity index (χ0) is 14.5. The number of likely N-dealkylation sites (N-methyl/N-ethyl adjacent to an activating group) is 1. The highest BCUT2D eigenvalue weighted by molar-refractivity contribution is 5.27. The largest absolute Gasteiger partial charge is 0.316 e. The molecule has 0 bridgehead atoms. The normalized spacial score (nSPS) is 24.6. The lowest BCUT2D eigenvalue weighted by atomic mass is 9.75. The minimum absolute atomic E-state index is 0.115. The molecule has 1 nitrogen and oxygen atoms in total. The molecule has 1 saturated carbocycles. The number of benzene rings is 1. The lowest BCUT2D eigenvalue weighted by Gasteiger charge is -2.34. The van der Waals surface area contributed by atoms with Gasteiger partial charge in [-0.05, 0) is 68.3 Å². The number of rotatable bonds is 5. The highest BCUT2D eigenvalue weighted by Gasteiger charge is 2.27. The third kappa shape index (κ3) is 3.82. The van der Waals surface area contributed by atoms with Gasteiger partial charge >= 0.3 is 0 Å². The number of aryl methyl sites for hydroxylation is 1. The summed E-state index contributed by atoms with van der Waals surface area (Å²) in [5, 5.41) is 3.49. The quantitative estimate of drug-likeness (QED) is 0.836. The van der Waals surface area contributed by atoms with E-state index in [9.17, 15) is 4.39 Å². The highest BCUT2D eigenvalue weighted by Crippen LogP contribution is 2.34. The molecule has 20 heavy (non-hydrogen) atoms. The maximum atomic E-state index is 13.4. The molecule has 0 radical (unpaired) electrons. The summed E-state index contributed by atoms with van der Waals surface area (Å²) in [6.07, 6.45) is 7.63. The van der Waals surface area contributed by atoms with E-state index >= 15 is 0 Å². The Kier molecular flexibility index (Phi) is 5.59. The zero-order valence-corrected chi connectivity index (χ0v) is 13.1. The fourth-order valence-corrected chi connectivity index (χ4v) is 3.67. The van der Waals surface area contributed by atoms with Gasteiger partial charge in [-0.2, -0.15) is 0 Å². The second-order valence-electron chi connectivity index (χ2n) is 6.37. The van der Waals surface area contributed by atoms with E-state index in [1.807, 2.05) is 6.07 Å². The van der Waals surface area contributed by atoms with E-state index in [1.54, 1.807) is 12.1 Å². The van der Waals surface area contributed by atoms with Gasteiger partial charge in [-0.15, -0.1) is 0 Å². The Balaban J connectivity index is 2.06. The summed E-state index contributed by atoms with van der Waals surface area (Å²) in [7, 11) is 2.05. The molecule has 1 aliphatic carbocycles. The molecule has 3 atom stereocenters. The number of nitrogens with one attached hydrogen (secondary N) is 1. The third-order valence-electron chi connectivity index (χ3n) is 5.09. The van der Waals surface area contributed by atoms with Crippen LogP contribution >= 0.6 is 0 Å². The Bertz CT molecular complexity index is 429. The third-order valence-corrected chi connectivity index (χ3v) is 5.09. The molecule has 0 spiro atoms. The van der Waals surface area contributed by atoms with Gasteiger partial charge in [0.25, 0.3) is 0 Å². The Morgan fingerprint density at radius 2 is 2.15 bits per heavy atom. The summed E-state index contributed by atoms with van der Waals surface area (Å²) in [6.45, 7) is 4.38. The minimum Gasteiger partial charge on any atom is -0.316 e. The van der Waals surface area contributed by atoms with Gasteiger partial charge in [-0.25, -0.2) is 4.39 Å². The first-order chi connectivity index (χ1) is 9.63. The fraction of sp³-hybridized carbons (Fsp3) is 0.667. The Morgan fingerprint density at radius 3 is 2.85 bits per heavy atom. The number of hydrogen-bond acceptors (Lipinski definition) is 1. The van der Waals surface area contributed by atoms with E-state index < -0.39 is 0 Å². The van der Waals surface area contributed by atoms with Gasteiger partial charge in [0.2, 0.25) is 0 Å². The first-order valence-corrected chi connectivity index (χ1v) is 8.06. The molecule has 0 saturated heterocycles. The first kappa shape index (κ1) is 15.5. The zero-order valence-electron chi connectivity index (χ0n) is 13.1. The molecule has 0 amide bonds. The standard InChI is InChI=1S/C18H28FN/c1-4-14-6-5-7-15(10-14)18(20-3)12-16-11-17(19)9-8-13(16)2/h8-9,11,14-15,18,20H,4-7,10,12H2,1-3H3. The summed E-state index contributed by atoms with van der Waals surface area (Å²) >= 11 is 0. The molecule has 2 heteroatoms. The Labute approximate surface area is 123 Å². The van der Waals surface area contributed by atoms with Crippen molar-refractivity contribution in [3.05, 3.63) is 35.1 Å². The molecular weight excluding hydrogens is 249 g/mol. The molecular formula is C18H28FN. The van der Waals surface area contributed by atoms with E-state index in [0.717, 1.165) is 23.8 Å². The van der Waals surface area contributed by atoms with Gasteiger partial charge in [-0.3, -0.25) is 0 Å². The molecule has 0 aromatic heterocycles. The highest BCUT2D eigenvalue weighted by atomic mass is 19.1. The van der Waals surface area contributed by atoms with Gasteiger partial charge in [0.1, 0.15) is 5.82 Å². The number of halogens is 1. The van der Waals surface area contributed by atoms with Gasteiger partial charge < -0.3 is 5.32 Å². The monoisotopic (exact) mass is 277 g/mol. The lowest BCUT2D eigenvalue weighted by Crippen LogP contribution is -2.38. The second-order valence-corrected chi connectivity index (χ2v) is 6.37. The van der Waals surface area contributed by atoms with Crippen molar-refractivity contribution in [1.29, 1.82) is 0 Å². The van der Waals surface area contributed by atoms with Gasteiger partial charge in [0.15, 0.2) is 0 Å². The molecule has 0 heterocycles. The molecule has 1 aromatic rings. The van der Waals surface area contributed by atoms with E-state index in [2.05, 4.69) is 26.2 Å². The number of hydrogen-bond donors (Lipinski definition) is 1. The molecule has 1 N–H and O–H groups in total. The maximum Gasteiger partial charge on any atom is 0.123 e. The van der Waals surface area contributed by atoms with Crippen LogP contribution in [0.15, 0.2) is 18.2 Å². The van der Waals surface area contributed by atoms with Crippen molar-refractivity contribution in [3.63, 3.8) is 0 Å². The molecule has 2 rings (SSSR count). The van der Waals surface area contributed by atoms with Crippen LogP contribution in [0.3, 0.4) is 0 Å². The summed E-state index contributed by atoms with van der Waals surface area (Å²) in [6, 6.07) is 5.64. The average molecular weight is 277 g/mol. The smallest absolute Gasteiger partial charge is 0.123 e. The molecule has 1 aliphatic rings. The molecule has 0 aliphatic heterocycles. The fourth-order valence-electron chi connectivity index (χ4n) is 3.67. The van der Waals surface area contributed by atoms with Gasteiger partial charge in [0, 0.05) is 6.04 Å². The van der Waals surface area contributed by atoms with Crippen molar-refractivity contribution in [1.82, 2.24) is 5.32 Å². The van der Waals surface area contributed by atoms with Crippen LogP contribution in [0.25, 0.3) is 0 Å². The van der Waals surface area contributed by atoms with Crippen LogP contribution in [-0.4, -0.2) is 13.1 Å². The van der Waals surface area contributed by atoms with Crippen LogP contribution in [0.4, 0.5) is 4.39 Å². The molecule has 1 fully saturated rings. The van der Waals surface area contributed by atoms with E-state index in [4.69, 9.17) is 0 Å². The lowest BCUT2D eigenvalue weighted by molar-refractivity contribution is 0.212. The SMILES string of the molecule is CCC1CCCC(C(Cc2cc(F)ccc2C)NC)C1. The average Bonchev–Trinajstić information content (AvgIpc) is 2.48. The topological polar surface area (TPSA) is 12.0 Å². The second kappa shape index (κ2) is 7.21. The summed E-state index contributed by atoms with van der Waals surface area (Å²) in [5.41, 5.74) is 2.36. The van der Waals surface area contributed by atoms with Crippen LogP contribution in [0.2, 0.25) is 0 Å². The van der Waals surface area contributed by atoms with E-state index in [-0.39, 0.29) is 5.82 Å². The predicted octanol–water partition coefficient (Wildman–Crippen LogP) is 4.48. The van der Waals surface area contributed by atoms with Crippen molar-refractivity contribution < 1.29 is 4.39 Å². The summed E-state index contributed by atoms with van der Waals surface area (Å²) in [4.78, 5) is 0. The molecule has 1 aromatic carbocycles. The van der Waals surface area contributed by atoms with Crippen molar-refractivity contribution in [2.75, 3.05) is 7.05 Å². The van der Waals surface area contributed by atoms with Crippen molar-refractivity contribution in [2.24, 2.45) is 11.8 Å². The molecule has 112 valence electrons. The first-order valence-electron chi connectivity index (χ1n) is 8.06. The Hall–Kier alpha value is -0.890. The van der Waals surface area contributed by atoms with Crippen LogP contribution in [-0.2, 0) is 6.42 Å². The summed E-state index contributed by atoms with van der Waals surface area (Å²) < 4.78 is 13.4. The molecule has 3 unspecified atom stereocenters. The predicted molar refractivity (Wildman–Crippen MR) is 83.4 cm³/mol. The van der Waals surface area contributed by atoms with Crippen molar-refractivity contribution in [3.8, 4) is 0 Å². The van der Waals surface area contributed by atoms with Gasteiger partial charge in [-0.1, -0.05) is 32.3 Å². The van der Waals surface area contributed by atoms with Gasteiger partial charge in [0.05, 0.1) is 0 Å². The van der Waals surface area contributed by atoms with Crippen LogP contribution in [0.5, 0.6) is 0 Å². The van der Waals surface area contributed by atoms with E-state index in [1.165, 1.54) is 37.7 Å². The van der Waals surface area contributed by atoms with E-state index in [0.29, 0.717) is 6.04 Å². The Morgan fingerprint density at radius 1 is 1.35 bits per heavy atom. The van der Waals surface area contributed by atoms with Crippen LogP contribution in [0, 0.1) is 24.6 Å². The van der Waals surface area contributed by atoms with Crippen LogP contribution in [0.1, 0.15) is 50.2 Å². The summed E-state index contributed by atoms with van der Waals surface area (Å²) in [5.74, 6) is 1.51. The van der Waals surface area contributed by atoms with Crippen molar-refractivity contribution >= 4 is 0 Å². The minimum atomic E-state index is -0.115. The van der Waals surface area contributed by atoms with Crippen LogP contribution < -0.4 is 5.32 Å². The maximum absolute atomic E-state index is 13.4.